The maximum absolute atomic E-state index is 11.5. The van der Waals surface area contributed by atoms with Crippen LogP contribution >= 0.6 is 0 Å². The first-order valence-electron chi connectivity index (χ1n) is 13.3. The summed E-state index contributed by atoms with van der Waals surface area (Å²) in [7, 11) is 1.31. The molecule has 35 heavy (non-hydrogen) atoms. The van der Waals surface area contributed by atoms with Gasteiger partial charge in [0.15, 0.2) is 12.0 Å². The molecule has 0 bridgehead atoms. The zero-order valence-corrected chi connectivity index (χ0v) is 21.5. The highest BCUT2D eigenvalue weighted by atomic mass is 16.7. The zero-order valence-electron chi connectivity index (χ0n) is 21.5. The van der Waals surface area contributed by atoms with Crippen molar-refractivity contribution in [3.8, 4) is 5.75 Å². The summed E-state index contributed by atoms with van der Waals surface area (Å²) in [5.41, 5.74) is 1.54. The Bertz CT molecular complexity index is 930. The van der Waals surface area contributed by atoms with Crippen molar-refractivity contribution >= 4 is 5.97 Å². The summed E-state index contributed by atoms with van der Waals surface area (Å²) >= 11 is 0. The van der Waals surface area contributed by atoms with Crippen molar-refractivity contribution in [1.82, 2.24) is 9.97 Å². The van der Waals surface area contributed by atoms with E-state index < -0.39 is 5.97 Å². The lowest BCUT2D eigenvalue weighted by Gasteiger charge is -2.63. The van der Waals surface area contributed by atoms with Crippen LogP contribution in [0.1, 0.15) is 82.3 Å². The Morgan fingerprint density at radius 3 is 2.60 bits per heavy atom. The molecule has 3 aliphatic carbocycles. The number of hydrogen-bond donors (Lipinski definition) is 0. The third-order valence-electron chi connectivity index (χ3n) is 9.63. The summed E-state index contributed by atoms with van der Waals surface area (Å²) in [6.07, 6.45) is 13.8. The van der Waals surface area contributed by atoms with Crippen molar-refractivity contribution < 1.29 is 23.7 Å². The first-order valence-corrected chi connectivity index (χ1v) is 13.3. The predicted octanol–water partition coefficient (Wildman–Crippen LogP) is 5.35. The Morgan fingerprint density at radius 1 is 1.14 bits per heavy atom. The molecular formula is C28H40N2O5. The Kier molecular flexibility index (Phi) is 6.92. The lowest BCUT2D eigenvalue weighted by Crippen LogP contribution is -2.62. The Hall–Kier alpha value is -1.99. The summed E-state index contributed by atoms with van der Waals surface area (Å²) in [5, 5.41) is 0. The minimum absolute atomic E-state index is 0.00419. The van der Waals surface area contributed by atoms with Crippen LogP contribution in [-0.2, 0) is 14.2 Å². The van der Waals surface area contributed by atoms with Gasteiger partial charge in [0.2, 0.25) is 5.82 Å². The first-order chi connectivity index (χ1) is 16.8. The molecule has 4 aliphatic rings. The molecular weight excluding hydrogens is 444 g/mol. The topological polar surface area (TPSA) is 79.8 Å². The van der Waals surface area contributed by atoms with E-state index in [0.717, 1.165) is 38.7 Å². The largest absolute Gasteiger partial charge is 0.490 e. The number of allylic oxidation sites excluding steroid dienone is 1. The molecule has 4 fully saturated rings. The molecule has 0 aromatic carbocycles. The van der Waals surface area contributed by atoms with Crippen LogP contribution in [0, 0.1) is 28.6 Å². The molecule has 0 amide bonds. The smallest absolute Gasteiger partial charge is 0.376 e. The molecule has 2 heterocycles. The predicted molar refractivity (Wildman–Crippen MR) is 131 cm³/mol. The van der Waals surface area contributed by atoms with Gasteiger partial charge < -0.3 is 18.9 Å². The zero-order chi connectivity index (χ0) is 24.6. The van der Waals surface area contributed by atoms with Gasteiger partial charge in [0.1, 0.15) is 0 Å². The van der Waals surface area contributed by atoms with E-state index in [1.165, 1.54) is 50.8 Å². The normalized spacial score (nSPS) is 37.4. The quantitative estimate of drug-likeness (QED) is 0.398. The van der Waals surface area contributed by atoms with Crippen molar-refractivity contribution in [2.24, 2.45) is 28.6 Å². The summed E-state index contributed by atoms with van der Waals surface area (Å²) in [6, 6.07) is 0. The number of carbonyl (C=O) groups excluding carboxylic acids is 1. The van der Waals surface area contributed by atoms with Gasteiger partial charge in [-0.15, -0.1) is 0 Å². The van der Waals surface area contributed by atoms with Gasteiger partial charge in [-0.25, -0.2) is 14.8 Å². The lowest BCUT2D eigenvalue weighted by atomic mass is 9.46. The molecule has 6 atom stereocenters. The second-order valence-electron chi connectivity index (χ2n) is 11.6. The average Bonchev–Trinajstić information content (AvgIpc) is 3.40. The van der Waals surface area contributed by atoms with Gasteiger partial charge in [0, 0.05) is 11.3 Å². The van der Waals surface area contributed by atoms with E-state index in [1.807, 2.05) is 0 Å². The van der Waals surface area contributed by atoms with E-state index in [9.17, 15) is 4.79 Å². The highest BCUT2D eigenvalue weighted by molar-refractivity contribution is 5.84. The number of ether oxygens (including phenoxy) is 4. The molecule has 1 aliphatic heterocycles. The first kappa shape index (κ1) is 24.7. The average molecular weight is 485 g/mol. The fraction of sp³-hybridized carbons (Fsp3) is 0.750. The number of rotatable bonds is 6. The third kappa shape index (κ3) is 4.50. The van der Waals surface area contributed by atoms with E-state index in [4.69, 9.17) is 14.2 Å². The molecule has 5 rings (SSSR count). The van der Waals surface area contributed by atoms with Crippen LogP contribution in [0.25, 0.3) is 0 Å². The van der Waals surface area contributed by atoms with Crippen molar-refractivity contribution in [3.05, 3.63) is 30.4 Å². The number of aromatic nitrogens is 2. The fourth-order valence-electron chi connectivity index (χ4n) is 7.74. The molecule has 0 spiro atoms. The second-order valence-corrected chi connectivity index (χ2v) is 11.6. The molecule has 0 radical (unpaired) electrons. The Labute approximate surface area is 209 Å². The number of nitrogens with zero attached hydrogens (tertiary/aromatic N) is 2. The SMILES string of the molecule is C=C1CCC2[C@]3(C)CO[C@@H](C4CCCC4)O[C@@H]3CC[C@@]2(C)[C@@H]1CCOc1cnc(C(=O)OC)nc1. The van der Waals surface area contributed by atoms with E-state index in [1.54, 1.807) is 0 Å². The van der Waals surface area contributed by atoms with E-state index in [-0.39, 0.29) is 29.0 Å². The molecule has 0 N–H and O–H groups in total. The summed E-state index contributed by atoms with van der Waals surface area (Å²) < 4.78 is 23.8. The van der Waals surface area contributed by atoms with Gasteiger partial charge in [-0.2, -0.15) is 0 Å². The van der Waals surface area contributed by atoms with Gasteiger partial charge in [0.25, 0.3) is 0 Å². The summed E-state index contributed by atoms with van der Waals surface area (Å²) in [4.78, 5) is 19.6. The molecule has 7 heteroatoms. The van der Waals surface area contributed by atoms with E-state index in [0.29, 0.717) is 30.1 Å². The number of fused-ring (bicyclic) bond motifs is 3. The molecule has 7 nitrogen and oxygen atoms in total. The van der Waals surface area contributed by atoms with Crippen molar-refractivity contribution in [3.63, 3.8) is 0 Å². The second kappa shape index (κ2) is 9.81. The minimum Gasteiger partial charge on any atom is -0.490 e. The van der Waals surface area contributed by atoms with Crippen LogP contribution in [0.4, 0.5) is 0 Å². The molecule has 1 aromatic rings. The number of esters is 1. The highest BCUT2D eigenvalue weighted by Crippen LogP contribution is 2.63. The maximum atomic E-state index is 11.5. The van der Waals surface area contributed by atoms with Gasteiger partial charge in [-0.05, 0) is 62.2 Å². The van der Waals surface area contributed by atoms with E-state index >= 15 is 0 Å². The monoisotopic (exact) mass is 484 g/mol. The van der Waals surface area contributed by atoms with Crippen LogP contribution in [0.5, 0.6) is 5.75 Å². The van der Waals surface area contributed by atoms with Gasteiger partial charge in [0.05, 0.1) is 38.8 Å². The van der Waals surface area contributed by atoms with Crippen LogP contribution in [0.15, 0.2) is 24.5 Å². The van der Waals surface area contributed by atoms with Gasteiger partial charge in [-0.3, -0.25) is 0 Å². The molecule has 1 aromatic heterocycles. The fourth-order valence-corrected chi connectivity index (χ4v) is 7.74. The van der Waals surface area contributed by atoms with Gasteiger partial charge >= 0.3 is 5.97 Å². The standard InChI is InChI=1S/C28H40N2O5/c1-18-9-10-22-27(2,21(18)12-14-33-20-15-29-24(30-16-20)25(31)32-4)13-11-23-28(22,3)17-34-26(35-23)19-7-5-6-8-19/h15-16,19,21-23,26H,1,5-14,17H2,2-4H3/t21-,22?,23-,26-,27+,28+/m1/s1. The van der Waals surface area contributed by atoms with Gasteiger partial charge in [-0.1, -0.05) is 38.8 Å². The van der Waals surface area contributed by atoms with Crippen molar-refractivity contribution in [2.45, 2.75) is 84.0 Å². The maximum Gasteiger partial charge on any atom is 0.376 e. The third-order valence-corrected chi connectivity index (χ3v) is 9.63. The van der Waals surface area contributed by atoms with Crippen molar-refractivity contribution in [2.75, 3.05) is 20.3 Å². The number of hydrogen-bond acceptors (Lipinski definition) is 7. The summed E-state index contributed by atoms with van der Waals surface area (Å²) in [6.45, 7) is 10.7. The van der Waals surface area contributed by atoms with Crippen LogP contribution < -0.4 is 4.74 Å². The van der Waals surface area contributed by atoms with Crippen LogP contribution in [0.2, 0.25) is 0 Å². The molecule has 1 unspecified atom stereocenters. The van der Waals surface area contributed by atoms with Crippen LogP contribution in [-0.4, -0.2) is 48.7 Å². The number of carbonyl (C=O) groups is 1. The lowest BCUT2D eigenvalue weighted by molar-refractivity contribution is -0.316. The van der Waals surface area contributed by atoms with Crippen molar-refractivity contribution in [1.29, 1.82) is 0 Å². The minimum atomic E-state index is -0.552. The highest BCUT2D eigenvalue weighted by Gasteiger charge is 2.60. The molecule has 1 saturated heterocycles. The molecule has 3 saturated carbocycles. The molecule has 192 valence electrons. The summed E-state index contributed by atoms with van der Waals surface area (Å²) in [5.74, 6) is 1.55. The van der Waals surface area contributed by atoms with E-state index in [2.05, 4.69) is 35.1 Å². The Balaban J connectivity index is 1.24. The number of methoxy groups -OCH3 is 1. The van der Waals surface area contributed by atoms with Crippen LogP contribution in [0.3, 0.4) is 0 Å². The Morgan fingerprint density at radius 2 is 1.89 bits per heavy atom.